The zero-order chi connectivity index (χ0) is 20.1. The predicted octanol–water partition coefficient (Wildman–Crippen LogP) is 1.84. The van der Waals surface area contributed by atoms with Crippen LogP contribution in [0.5, 0.6) is 0 Å². The van der Waals surface area contributed by atoms with E-state index in [1.54, 1.807) is 0 Å². The van der Waals surface area contributed by atoms with E-state index in [1.165, 1.54) is 28.0 Å². The molecule has 1 aliphatic rings. The number of allylic oxidation sites excluding steroid dienone is 3. The van der Waals surface area contributed by atoms with Crippen LogP contribution in [0.25, 0.3) is 5.57 Å². The smallest absolute Gasteiger partial charge is 0.105 e. The molecule has 2 aromatic carbocycles. The third-order valence-electron chi connectivity index (χ3n) is 5.54. The summed E-state index contributed by atoms with van der Waals surface area (Å²) in [7, 11) is 6.07. The molecule has 0 heterocycles. The first-order valence-electron chi connectivity index (χ1n) is 9.79. The number of nitrogens with one attached hydrogen (secondary N) is 1. The first-order valence-corrected chi connectivity index (χ1v) is 9.79. The van der Waals surface area contributed by atoms with Crippen molar-refractivity contribution >= 4 is 16.9 Å². The lowest BCUT2D eigenvalue weighted by Crippen LogP contribution is -2.66. The van der Waals surface area contributed by atoms with Crippen LogP contribution < -0.4 is 21.7 Å². The summed E-state index contributed by atoms with van der Waals surface area (Å²) in [5, 5.41) is 3.19. The first-order chi connectivity index (χ1) is 13.5. The quantitative estimate of drug-likeness (QED) is 0.670. The Morgan fingerprint density at radius 1 is 0.833 bits per heavy atom. The Kier molecular flexibility index (Phi) is 9.01. The molecular formula is C24H34N4O2. The van der Waals surface area contributed by atoms with Crippen molar-refractivity contribution in [2.45, 2.75) is 0 Å². The van der Waals surface area contributed by atoms with E-state index in [9.17, 15) is 0 Å². The molecule has 9 N–H and O–H groups in total. The summed E-state index contributed by atoms with van der Waals surface area (Å²) >= 11 is 0. The van der Waals surface area contributed by atoms with Crippen LogP contribution in [-0.2, 0) is 0 Å². The number of benzene rings is 2. The van der Waals surface area contributed by atoms with Gasteiger partial charge in [0.15, 0.2) is 0 Å². The summed E-state index contributed by atoms with van der Waals surface area (Å²) in [6.07, 6.45) is 8.99. The van der Waals surface area contributed by atoms with E-state index in [2.05, 4.69) is 109 Å². The average molecular weight is 411 g/mol. The third kappa shape index (κ3) is 5.17. The molecule has 30 heavy (non-hydrogen) atoms. The summed E-state index contributed by atoms with van der Waals surface area (Å²) in [6.45, 7) is 1.64. The van der Waals surface area contributed by atoms with Crippen molar-refractivity contribution in [3.63, 3.8) is 0 Å². The number of rotatable bonds is 6. The Labute approximate surface area is 179 Å². The van der Waals surface area contributed by atoms with Gasteiger partial charge in [-0.15, -0.1) is 0 Å². The van der Waals surface area contributed by atoms with Crippen LogP contribution in [0.1, 0.15) is 11.1 Å². The second-order valence-corrected chi connectivity index (χ2v) is 7.50. The average Bonchev–Trinajstić information content (AvgIpc) is 2.75. The lowest BCUT2D eigenvalue weighted by Gasteiger charge is -2.23. The molecule has 0 radical (unpaired) electrons. The van der Waals surface area contributed by atoms with Gasteiger partial charge < -0.3 is 32.6 Å². The highest BCUT2D eigenvalue weighted by atomic mass is 16.0. The molecule has 0 aromatic heterocycles. The molecule has 3 rings (SSSR count). The molecule has 6 heteroatoms. The van der Waals surface area contributed by atoms with Gasteiger partial charge in [0.2, 0.25) is 0 Å². The van der Waals surface area contributed by atoms with Gasteiger partial charge in [0.25, 0.3) is 0 Å². The van der Waals surface area contributed by atoms with Crippen LogP contribution in [0, 0.1) is 5.41 Å². The van der Waals surface area contributed by atoms with Crippen molar-refractivity contribution in [1.29, 1.82) is 0 Å². The zero-order valence-electron chi connectivity index (χ0n) is 18.1. The van der Waals surface area contributed by atoms with Gasteiger partial charge in [-0.3, -0.25) is 0 Å². The van der Waals surface area contributed by atoms with Crippen LogP contribution in [0.3, 0.4) is 0 Å². The summed E-state index contributed by atoms with van der Waals surface area (Å²) in [5.74, 6) is 0. The van der Waals surface area contributed by atoms with Crippen LogP contribution in [0.15, 0.2) is 78.4 Å². The van der Waals surface area contributed by atoms with E-state index in [4.69, 9.17) is 0 Å². The maximum Gasteiger partial charge on any atom is 0.105 e. The topological polar surface area (TPSA) is 131 Å². The predicted molar refractivity (Wildman–Crippen MR) is 123 cm³/mol. The Morgan fingerprint density at radius 3 is 1.70 bits per heavy atom. The van der Waals surface area contributed by atoms with E-state index in [0.717, 1.165) is 18.8 Å². The van der Waals surface area contributed by atoms with Gasteiger partial charge in [-0.1, -0.05) is 48.6 Å². The van der Waals surface area contributed by atoms with E-state index in [-0.39, 0.29) is 16.4 Å². The minimum atomic E-state index is -0.0284. The Bertz CT molecular complexity index is 876. The summed E-state index contributed by atoms with van der Waals surface area (Å²) in [5.41, 5.74) is 15.4. The van der Waals surface area contributed by atoms with Crippen molar-refractivity contribution in [2.75, 3.05) is 44.4 Å². The molecule has 0 fully saturated rings. The van der Waals surface area contributed by atoms with E-state index >= 15 is 0 Å². The lowest BCUT2D eigenvalue weighted by molar-refractivity contribution is -0.429. The van der Waals surface area contributed by atoms with Crippen molar-refractivity contribution in [3.05, 3.63) is 89.5 Å². The fraction of sp³-hybridized carbons (Fsp3) is 0.250. The maximum atomic E-state index is 4.11. The number of quaternary nitrogens is 2. The molecule has 162 valence electrons. The molecule has 0 aliphatic heterocycles. The Balaban J connectivity index is 0.00000225. The lowest BCUT2D eigenvalue weighted by atomic mass is 9.81. The summed E-state index contributed by atoms with van der Waals surface area (Å²) < 4.78 is 0. The van der Waals surface area contributed by atoms with Crippen molar-refractivity contribution in [3.8, 4) is 0 Å². The van der Waals surface area contributed by atoms with Crippen LogP contribution in [0.4, 0.5) is 11.4 Å². The standard InChI is InChI=1S/C24H30N4.2H2O/c1-27-21-8-4-18(5-9-21)23(19-6-10-22(11-7-19)28(2)3)20-12-14-24(16-25,17-26)15-13-20;;/h4-15,27H,16-17,25-26H2,1-3H3;2*1H2. The van der Waals surface area contributed by atoms with Crippen LogP contribution in [-0.4, -0.2) is 45.2 Å². The molecular weight excluding hydrogens is 376 g/mol. The second kappa shape index (κ2) is 10.8. The number of anilines is 2. The molecule has 0 saturated heterocycles. The van der Waals surface area contributed by atoms with Gasteiger partial charge >= 0.3 is 0 Å². The highest BCUT2D eigenvalue weighted by molar-refractivity contribution is 5.86. The van der Waals surface area contributed by atoms with Crippen molar-refractivity contribution in [1.82, 2.24) is 0 Å². The van der Waals surface area contributed by atoms with Crippen LogP contribution in [0.2, 0.25) is 0 Å². The first kappa shape index (κ1) is 25.1. The minimum absolute atomic E-state index is 0. The van der Waals surface area contributed by atoms with Gasteiger partial charge in [-0.25, -0.2) is 0 Å². The maximum absolute atomic E-state index is 4.11. The Morgan fingerprint density at radius 2 is 1.30 bits per heavy atom. The highest BCUT2D eigenvalue weighted by Gasteiger charge is 2.28. The molecule has 0 spiro atoms. The van der Waals surface area contributed by atoms with Gasteiger partial charge in [0, 0.05) is 32.5 Å². The van der Waals surface area contributed by atoms with Gasteiger partial charge in [-0.2, -0.15) is 0 Å². The third-order valence-corrected chi connectivity index (χ3v) is 5.54. The summed E-state index contributed by atoms with van der Waals surface area (Å²) in [6, 6.07) is 17.4. The monoisotopic (exact) mass is 410 g/mol. The molecule has 0 unspecified atom stereocenters. The normalized spacial score (nSPS) is 13.8. The van der Waals surface area contributed by atoms with E-state index in [1.807, 2.05) is 7.05 Å². The summed E-state index contributed by atoms with van der Waals surface area (Å²) in [4.78, 5) is 2.12. The SMILES string of the molecule is CNc1ccc(C(=C2C=CC(C[NH3+])(C[NH3+])C=C2)c2ccc(N(C)C)cc2)cc1.[OH-].[OH-]. The Hall–Kier alpha value is -2.90. The fourth-order valence-corrected chi connectivity index (χ4v) is 3.48. The molecule has 6 nitrogen and oxygen atoms in total. The largest absolute Gasteiger partial charge is 0.870 e. The number of nitrogens with zero attached hydrogens (tertiary/aromatic N) is 1. The van der Waals surface area contributed by atoms with Crippen LogP contribution >= 0.6 is 0 Å². The van der Waals surface area contributed by atoms with Gasteiger partial charge in [0.1, 0.15) is 5.41 Å². The minimum Gasteiger partial charge on any atom is -0.870 e. The van der Waals surface area contributed by atoms with E-state index in [0.29, 0.717) is 0 Å². The fourth-order valence-electron chi connectivity index (χ4n) is 3.48. The van der Waals surface area contributed by atoms with E-state index < -0.39 is 0 Å². The van der Waals surface area contributed by atoms with Gasteiger partial charge in [-0.05, 0) is 46.5 Å². The van der Waals surface area contributed by atoms with Crippen molar-refractivity contribution < 1.29 is 22.4 Å². The molecule has 1 aliphatic carbocycles. The molecule has 0 saturated carbocycles. The highest BCUT2D eigenvalue weighted by Crippen LogP contribution is 2.34. The second-order valence-electron chi connectivity index (χ2n) is 7.50. The number of hydrogen-bond donors (Lipinski definition) is 3. The van der Waals surface area contributed by atoms with Gasteiger partial charge in [0.05, 0.1) is 13.1 Å². The molecule has 0 amide bonds. The number of hydrogen-bond acceptors (Lipinski definition) is 4. The molecule has 0 atom stereocenters. The zero-order valence-corrected chi connectivity index (χ0v) is 18.1. The molecule has 0 bridgehead atoms. The van der Waals surface area contributed by atoms with Crippen molar-refractivity contribution in [2.24, 2.45) is 5.41 Å². The molecule has 2 aromatic rings.